The molecule has 0 saturated carbocycles. The third-order valence-electron chi connectivity index (χ3n) is 4.30. The molecule has 6 nitrogen and oxygen atoms in total. The molecule has 0 saturated heterocycles. The average molecular weight is 413 g/mol. The molecule has 148 valence electrons. The van der Waals surface area contributed by atoms with Crippen molar-refractivity contribution in [2.75, 3.05) is 0 Å². The maximum Gasteiger partial charge on any atom is 0.297 e. The Hall–Kier alpha value is -1.74. The second kappa shape index (κ2) is 8.97. The first kappa shape index (κ1) is 21.6. The van der Waals surface area contributed by atoms with Crippen LogP contribution >= 0.6 is 0 Å². The summed E-state index contributed by atoms with van der Waals surface area (Å²) in [5.74, 6) is -0.443. The molecule has 0 heterocycles. The molecule has 0 aliphatic heterocycles. The van der Waals surface area contributed by atoms with E-state index >= 15 is 0 Å². The van der Waals surface area contributed by atoms with E-state index < -0.39 is 38.4 Å². The van der Waals surface area contributed by atoms with E-state index in [4.69, 9.17) is 8.37 Å². The Kier molecular flexibility index (Phi) is 7.16. The second-order valence-electron chi connectivity index (χ2n) is 6.21. The first-order valence-electron chi connectivity index (χ1n) is 8.64. The average Bonchev–Trinajstić information content (AvgIpc) is 2.63. The molecule has 8 heteroatoms. The van der Waals surface area contributed by atoms with Crippen LogP contribution in [0.2, 0.25) is 0 Å². The third-order valence-corrected chi connectivity index (χ3v) is 7.11. The summed E-state index contributed by atoms with van der Waals surface area (Å²) >= 11 is 0. The van der Waals surface area contributed by atoms with Crippen LogP contribution in [0.25, 0.3) is 0 Å². The lowest BCUT2D eigenvalue weighted by Gasteiger charge is -2.27. The number of benzene rings is 2. The monoisotopic (exact) mass is 412 g/mol. The summed E-state index contributed by atoms with van der Waals surface area (Å²) in [4.78, 5) is 0.106. The maximum atomic E-state index is 12.4. The van der Waals surface area contributed by atoms with Gasteiger partial charge >= 0.3 is 0 Å². The van der Waals surface area contributed by atoms with Gasteiger partial charge in [0.2, 0.25) is 0 Å². The van der Waals surface area contributed by atoms with Crippen molar-refractivity contribution in [1.82, 2.24) is 0 Å². The summed E-state index contributed by atoms with van der Waals surface area (Å²) in [5.41, 5.74) is 0. The van der Waals surface area contributed by atoms with Crippen molar-refractivity contribution in [3.8, 4) is 0 Å². The van der Waals surface area contributed by atoms with Gasteiger partial charge in [-0.05, 0) is 44.5 Å². The van der Waals surface area contributed by atoms with Crippen LogP contribution in [-0.2, 0) is 28.6 Å². The summed E-state index contributed by atoms with van der Waals surface area (Å²) in [5, 5.41) is 0. The molecule has 2 unspecified atom stereocenters. The molecule has 0 amide bonds. The van der Waals surface area contributed by atoms with Gasteiger partial charge in [-0.1, -0.05) is 43.3 Å². The van der Waals surface area contributed by atoms with Crippen molar-refractivity contribution < 1.29 is 25.2 Å². The van der Waals surface area contributed by atoms with Crippen molar-refractivity contribution in [2.24, 2.45) is 5.92 Å². The molecule has 0 radical (unpaired) electrons. The van der Waals surface area contributed by atoms with Gasteiger partial charge in [0.1, 0.15) is 0 Å². The van der Waals surface area contributed by atoms with E-state index in [2.05, 4.69) is 0 Å². The van der Waals surface area contributed by atoms with Gasteiger partial charge < -0.3 is 0 Å². The normalized spacial score (nSPS) is 15.8. The Morgan fingerprint density at radius 3 is 1.33 bits per heavy atom. The van der Waals surface area contributed by atoms with E-state index in [-0.39, 0.29) is 9.79 Å². The van der Waals surface area contributed by atoms with Crippen molar-refractivity contribution in [3.63, 3.8) is 0 Å². The quantitative estimate of drug-likeness (QED) is 0.585. The fourth-order valence-corrected chi connectivity index (χ4v) is 5.16. The van der Waals surface area contributed by atoms with Gasteiger partial charge in [0, 0.05) is 5.92 Å². The largest absolute Gasteiger partial charge is 0.297 e. The smallest absolute Gasteiger partial charge is 0.263 e. The van der Waals surface area contributed by atoms with Gasteiger partial charge in [-0.3, -0.25) is 8.37 Å². The van der Waals surface area contributed by atoms with E-state index in [0.29, 0.717) is 6.42 Å². The lowest BCUT2D eigenvalue weighted by molar-refractivity contribution is 0.0648. The van der Waals surface area contributed by atoms with E-state index in [1.807, 2.05) is 6.92 Å². The predicted molar refractivity (Wildman–Crippen MR) is 102 cm³/mol. The van der Waals surface area contributed by atoms with Crippen LogP contribution in [0.3, 0.4) is 0 Å². The molecule has 0 fully saturated rings. The van der Waals surface area contributed by atoms with Crippen molar-refractivity contribution in [2.45, 2.75) is 49.2 Å². The number of rotatable bonds is 9. The molecule has 2 rings (SSSR count). The summed E-state index contributed by atoms with van der Waals surface area (Å²) in [6.45, 7) is 5.03. The van der Waals surface area contributed by atoms with E-state index in [1.54, 1.807) is 50.2 Å². The summed E-state index contributed by atoms with van der Waals surface area (Å²) < 4.78 is 60.3. The molecule has 0 aromatic heterocycles. The van der Waals surface area contributed by atoms with E-state index in [0.717, 1.165) is 0 Å². The van der Waals surface area contributed by atoms with Crippen LogP contribution in [0.15, 0.2) is 70.5 Å². The highest BCUT2D eigenvalue weighted by Gasteiger charge is 2.31. The van der Waals surface area contributed by atoms with Gasteiger partial charge in [-0.2, -0.15) is 16.8 Å². The molecule has 2 aromatic carbocycles. The fraction of sp³-hybridized carbons (Fsp3) is 0.368. The highest BCUT2D eigenvalue weighted by atomic mass is 32.2. The Morgan fingerprint density at radius 2 is 1.04 bits per heavy atom. The molecule has 0 bridgehead atoms. The summed E-state index contributed by atoms with van der Waals surface area (Å²) in [7, 11) is -7.90. The third kappa shape index (κ3) is 5.62. The van der Waals surface area contributed by atoms with Crippen LogP contribution in [0.1, 0.15) is 27.2 Å². The van der Waals surface area contributed by atoms with Crippen molar-refractivity contribution in [3.05, 3.63) is 60.7 Å². The minimum Gasteiger partial charge on any atom is -0.263 e. The topological polar surface area (TPSA) is 86.7 Å². The predicted octanol–water partition coefficient (Wildman–Crippen LogP) is 3.60. The highest BCUT2D eigenvalue weighted by molar-refractivity contribution is 7.87. The molecular formula is C19H24O6S2. The van der Waals surface area contributed by atoms with Gasteiger partial charge in [0.25, 0.3) is 20.2 Å². The number of hydrogen-bond donors (Lipinski definition) is 0. The van der Waals surface area contributed by atoms with Crippen LogP contribution in [0, 0.1) is 5.92 Å². The second-order valence-corrected chi connectivity index (χ2v) is 9.35. The lowest BCUT2D eigenvalue weighted by Crippen LogP contribution is -2.34. The van der Waals surface area contributed by atoms with Crippen LogP contribution in [-0.4, -0.2) is 29.0 Å². The van der Waals surface area contributed by atoms with Crippen LogP contribution < -0.4 is 0 Å². The van der Waals surface area contributed by atoms with Gasteiger partial charge in [0.15, 0.2) is 0 Å². The van der Waals surface area contributed by atoms with Crippen LogP contribution in [0.4, 0.5) is 0 Å². The standard InChI is InChI=1S/C19H24O6S2/c1-4-19(15(2)24-26(20,21)17-11-7-5-8-12-17)16(3)25-27(22,23)18-13-9-6-10-14-18/h5-16,19H,4H2,1-3H3. The van der Waals surface area contributed by atoms with E-state index in [9.17, 15) is 16.8 Å². The fourth-order valence-electron chi connectivity index (χ4n) is 2.87. The first-order chi connectivity index (χ1) is 12.7. The molecular weight excluding hydrogens is 388 g/mol. The minimum absolute atomic E-state index is 0.0529. The van der Waals surface area contributed by atoms with Gasteiger partial charge in [-0.15, -0.1) is 0 Å². The lowest BCUT2D eigenvalue weighted by atomic mass is 9.95. The van der Waals surface area contributed by atoms with Crippen molar-refractivity contribution >= 4 is 20.2 Å². The Labute approximate surface area is 161 Å². The first-order valence-corrected chi connectivity index (χ1v) is 11.5. The molecule has 0 aliphatic rings. The molecule has 2 atom stereocenters. The molecule has 2 aromatic rings. The zero-order chi connectivity index (χ0) is 20.1. The minimum atomic E-state index is -3.95. The maximum absolute atomic E-state index is 12.4. The zero-order valence-electron chi connectivity index (χ0n) is 15.5. The Balaban J connectivity index is 2.13. The van der Waals surface area contributed by atoms with Crippen LogP contribution in [0.5, 0.6) is 0 Å². The van der Waals surface area contributed by atoms with Gasteiger partial charge in [-0.25, -0.2) is 0 Å². The highest BCUT2D eigenvalue weighted by Crippen LogP contribution is 2.26. The molecule has 27 heavy (non-hydrogen) atoms. The summed E-state index contributed by atoms with van der Waals surface area (Å²) in [6.07, 6.45) is -1.04. The summed E-state index contributed by atoms with van der Waals surface area (Å²) in [6, 6.07) is 15.6. The number of hydrogen-bond acceptors (Lipinski definition) is 6. The van der Waals surface area contributed by atoms with E-state index in [1.165, 1.54) is 24.3 Å². The van der Waals surface area contributed by atoms with Crippen molar-refractivity contribution in [1.29, 1.82) is 0 Å². The zero-order valence-corrected chi connectivity index (χ0v) is 17.1. The SMILES string of the molecule is CCC(C(C)OS(=O)(=O)c1ccccc1)C(C)OS(=O)(=O)c1ccccc1. The van der Waals surface area contributed by atoms with Gasteiger partial charge in [0.05, 0.1) is 22.0 Å². The Bertz CT molecular complexity index is 847. The molecule has 0 N–H and O–H groups in total. The Morgan fingerprint density at radius 1 is 0.704 bits per heavy atom. The molecule has 0 aliphatic carbocycles. The molecule has 0 spiro atoms.